The predicted octanol–water partition coefficient (Wildman–Crippen LogP) is 1.10. The van der Waals surface area contributed by atoms with Gasteiger partial charge < -0.3 is 10.6 Å². The van der Waals surface area contributed by atoms with Crippen LogP contribution in [0.2, 0.25) is 0 Å². The van der Waals surface area contributed by atoms with E-state index < -0.39 is 10.0 Å². The summed E-state index contributed by atoms with van der Waals surface area (Å²) >= 11 is 0. The predicted molar refractivity (Wildman–Crippen MR) is 89.8 cm³/mol. The van der Waals surface area contributed by atoms with Crippen molar-refractivity contribution in [2.75, 3.05) is 13.1 Å². The summed E-state index contributed by atoms with van der Waals surface area (Å²) in [7, 11) is -3.53. The van der Waals surface area contributed by atoms with Crippen molar-refractivity contribution in [1.29, 1.82) is 0 Å². The maximum Gasteiger partial charge on any atom is 0.251 e. The van der Waals surface area contributed by atoms with Crippen molar-refractivity contribution >= 4 is 15.9 Å². The summed E-state index contributed by atoms with van der Waals surface area (Å²) in [4.78, 5) is 12.5. The van der Waals surface area contributed by atoms with Crippen LogP contribution in [0.1, 0.15) is 37.6 Å². The Balaban J connectivity index is 2.05. The summed E-state index contributed by atoms with van der Waals surface area (Å²) in [6, 6.07) is 6.00. The van der Waals surface area contributed by atoms with Crippen LogP contribution in [0.4, 0.5) is 0 Å². The van der Waals surface area contributed by atoms with Crippen LogP contribution < -0.4 is 15.4 Å². The molecule has 6 nitrogen and oxygen atoms in total. The minimum Gasteiger partial charge on any atom is -0.349 e. The zero-order valence-corrected chi connectivity index (χ0v) is 14.6. The lowest BCUT2D eigenvalue weighted by Gasteiger charge is -2.30. The van der Waals surface area contributed by atoms with Gasteiger partial charge in [0.2, 0.25) is 10.0 Å². The number of carbonyl (C=O) groups excluding carboxylic acids is 1. The van der Waals surface area contributed by atoms with Crippen molar-refractivity contribution < 1.29 is 13.2 Å². The molecule has 0 radical (unpaired) electrons. The van der Waals surface area contributed by atoms with Gasteiger partial charge in [-0.3, -0.25) is 4.79 Å². The van der Waals surface area contributed by atoms with Crippen molar-refractivity contribution in [3.8, 4) is 0 Å². The molecule has 1 saturated heterocycles. The molecule has 7 heteroatoms. The van der Waals surface area contributed by atoms with Crippen molar-refractivity contribution in [2.45, 2.75) is 44.2 Å². The molecule has 2 unspecified atom stereocenters. The highest BCUT2D eigenvalue weighted by Crippen LogP contribution is 2.14. The minimum absolute atomic E-state index is 0.148. The first-order chi connectivity index (χ1) is 10.8. The van der Waals surface area contributed by atoms with Crippen molar-refractivity contribution in [2.24, 2.45) is 5.92 Å². The largest absolute Gasteiger partial charge is 0.349 e. The first-order valence-corrected chi connectivity index (χ1v) is 9.42. The average molecular weight is 339 g/mol. The van der Waals surface area contributed by atoms with Gasteiger partial charge in [0.15, 0.2) is 0 Å². The Bertz CT molecular complexity index is 641. The van der Waals surface area contributed by atoms with Crippen LogP contribution in [-0.4, -0.2) is 39.5 Å². The van der Waals surface area contributed by atoms with Crippen LogP contribution in [-0.2, 0) is 10.0 Å². The first-order valence-electron chi connectivity index (χ1n) is 7.93. The molecule has 23 heavy (non-hydrogen) atoms. The third-order valence-corrected chi connectivity index (χ3v) is 5.59. The second kappa shape index (κ2) is 7.42. The number of amides is 1. The first kappa shape index (κ1) is 17.9. The third-order valence-electron chi connectivity index (χ3n) is 3.92. The second-order valence-electron chi connectivity index (χ2n) is 6.35. The van der Waals surface area contributed by atoms with Crippen LogP contribution in [0.3, 0.4) is 0 Å². The molecule has 1 fully saturated rings. The molecule has 1 heterocycles. The van der Waals surface area contributed by atoms with Gasteiger partial charge >= 0.3 is 0 Å². The van der Waals surface area contributed by atoms with E-state index >= 15 is 0 Å². The lowest BCUT2D eigenvalue weighted by Crippen LogP contribution is -2.48. The molecule has 1 aromatic rings. The minimum atomic E-state index is -3.53. The van der Waals surface area contributed by atoms with E-state index in [1.165, 1.54) is 12.1 Å². The lowest BCUT2D eigenvalue weighted by atomic mass is 9.95. The van der Waals surface area contributed by atoms with Crippen LogP contribution in [0.15, 0.2) is 29.2 Å². The molecule has 128 valence electrons. The zero-order chi connectivity index (χ0) is 17.0. The van der Waals surface area contributed by atoms with E-state index in [1.54, 1.807) is 26.0 Å². The number of carbonyl (C=O) groups is 1. The van der Waals surface area contributed by atoms with Crippen LogP contribution >= 0.6 is 0 Å². The molecule has 0 saturated carbocycles. The van der Waals surface area contributed by atoms with Crippen molar-refractivity contribution in [3.05, 3.63) is 29.8 Å². The number of benzene rings is 1. The summed E-state index contributed by atoms with van der Waals surface area (Å²) in [5, 5.41) is 6.32. The second-order valence-corrected chi connectivity index (χ2v) is 8.06. The molecule has 0 aliphatic carbocycles. The number of sulfonamides is 1. The molecule has 2 atom stereocenters. The topological polar surface area (TPSA) is 87.3 Å². The Morgan fingerprint density at radius 1 is 1.26 bits per heavy atom. The third kappa shape index (κ3) is 4.76. The smallest absolute Gasteiger partial charge is 0.251 e. The van der Waals surface area contributed by atoms with E-state index in [9.17, 15) is 13.2 Å². The Hall–Kier alpha value is -1.44. The molecule has 2 rings (SSSR count). The maximum atomic E-state index is 12.3. The highest BCUT2D eigenvalue weighted by atomic mass is 32.2. The molecule has 1 aliphatic rings. The maximum absolute atomic E-state index is 12.3. The van der Waals surface area contributed by atoms with Gasteiger partial charge in [0.1, 0.15) is 0 Å². The average Bonchev–Trinajstić information content (AvgIpc) is 2.48. The quantitative estimate of drug-likeness (QED) is 0.750. The lowest BCUT2D eigenvalue weighted by molar-refractivity contribution is 0.0914. The zero-order valence-electron chi connectivity index (χ0n) is 13.8. The molecular formula is C16H25N3O3S. The Morgan fingerprint density at radius 2 is 1.91 bits per heavy atom. The molecule has 3 N–H and O–H groups in total. The number of hydrogen-bond acceptors (Lipinski definition) is 4. The normalized spacial score (nSPS) is 22.1. The fourth-order valence-corrected chi connectivity index (χ4v) is 3.90. The number of rotatable bonds is 5. The fraction of sp³-hybridized carbons (Fsp3) is 0.562. The molecule has 1 aromatic carbocycles. The molecule has 1 amide bonds. The Morgan fingerprint density at radius 3 is 2.48 bits per heavy atom. The molecule has 1 aliphatic heterocycles. The van der Waals surface area contributed by atoms with E-state index in [-0.39, 0.29) is 22.9 Å². The summed E-state index contributed by atoms with van der Waals surface area (Å²) in [6.45, 7) is 7.42. The van der Waals surface area contributed by atoms with Crippen LogP contribution in [0.5, 0.6) is 0 Å². The van der Waals surface area contributed by atoms with Crippen molar-refractivity contribution in [3.63, 3.8) is 0 Å². The highest BCUT2D eigenvalue weighted by molar-refractivity contribution is 7.89. The van der Waals surface area contributed by atoms with Crippen molar-refractivity contribution in [1.82, 2.24) is 15.4 Å². The summed E-state index contributed by atoms with van der Waals surface area (Å²) in [6.07, 6.45) is 0.900. The van der Waals surface area contributed by atoms with Gasteiger partial charge in [-0.15, -0.1) is 0 Å². The standard InChI is InChI=1S/C16H25N3O3S/c1-11(2)19-23(21,22)14-6-4-13(5-7-14)16(20)18-15-8-9-17-10-12(15)3/h4-7,11-12,15,17,19H,8-10H2,1-3H3,(H,18,20). The van der Waals surface area contributed by atoms with Gasteiger partial charge in [0, 0.05) is 17.6 Å². The molecular weight excluding hydrogens is 314 g/mol. The summed E-state index contributed by atoms with van der Waals surface area (Å²) < 4.78 is 26.7. The van der Waals surface area contributed by atoms with E-state index in [2.05, 4.69) is 22.3 Å². The molecule has 0 spiro atoms. The van der Waals surface area contributed by atoms with Gasteiger partial charge in [-0.1, -0.05) is 6.92 Å². The van der Waals surface area contributed by atoms with Gasteiger partial charge in [-0.25, -0.2) is 13.1 Å². The number of hydrogen-bond donors (Lipinski definition) is 3. The number of piperidine rings is 1. The van der Waals surface area contributed by atoms with Crippen LogP contribution in [0, 0.1) is 5.92 Å². The van der Waals surface area contributed by atoms with Gasteiger partial charge in [-0.2, -0.15) is 0 Å². The van der Waals surface area contributed by atoms with Crippen LogP contribution in [0.25, 0.3) is 0 Å². The highest BCUT2D eigenvalue weighted by Gasteiger charge is 2.23. The summed E-state index contributed by atoms with van der Waals surface area (Å²) in [5.41, 5.74) is 0.472. The van der Waals surface area contributed by atoms with E-state index in [0.29, 0.717) is 11.5 Å². The van der Waals surface area contributed by atoms with E-state index in [1.807, 2.05) is 0 Å². The van der Waals surface area contributed by atoms with E-state index in [0.717, 1.165) is 19.5 Å². The fourth-order valence-electron chi connectivity index (χ4n) is 2.64. The Kier molecular flexibility index (Phi) is 5.78. The monoisotopic (exact) mass is 339 g/mol. The summed E-state index contributed by atoms with van der Waals surface area (Å²) in [5.74, 6) is 0.215. The number of nitrogens with one attached hydrogen (secondary N) is 3. The Labute approximate surface area is 138 Å². The van der Waals surface area contributed by atoms with E-state index in [4.69, 9.17) is 0 Å². The van der Waals surface area contributed by atoms with Gasteiger partial charge in [0.05, 0.1) is 4.90 Å². The molecule has 0 bridgehead atoms. The molecule has 0 aromatic heterocycles. The van der Waals surface area contributed by atoms with Gasteiger partial charge in [0.25, 0.3) is 5.91 Å². The van der Waals surface area contributed by atoms with Gasteiger partial charge in [-0.05, 0) is 63.5 Å². The SMILES string of the molecule is CC(C)NS(=O)(=O)c1ccc(C(=O)NC2CCNCC2C)cc1.